The summed E-state index contributed by atoms with van der Waals surface area (Å²) in [7, 11) is -2.41. The van der Waals surface area contributed by atoms with Crippen LogP contribution in [0.3, 0.4) is 0 Å². The third-order valence-electron chi connectivity index (χ3n) is 4.32. The van der Waals surface area contributed by atoms with Gasteiger partial charge in [0.1, 0.15) is 0 Å². The Morgan fingerprint density at radius 3 is 2.46 bits per heavy atom. The zero-order valence-electron chi connectivity index (χ0n) is 14.4. The number of likely N-dealkylation sites (N-methyl/N-ethyl adjacent to an activating group) is 2. The second-order valence-corrected chi connectivity index (χ2v) is 7.83. The highest BCUT2D eigenvalue weighted by atomic mass is 32.2. The molecule has 2 rings (SSSR count). The Hall–Kier alpha value is -1.93. The van der Waals surface area contributed by atoms with E-state index in [1.165, 1.54) is 19.2 Å². The highest BCUT2D eigenvalue weighted by molar-refractivity contribution is 7.89. The molecule has 0 unspecified atom stereocenters. The molecule has 1 heterocycles. The second kappa shape index (κ2) is 6.90. The number of carbonyl (C=O) groups excluding carboxylic acids is 2. The van der Waals surface area contributed by atoms with Crippen molar-refractivity contribution in [1.29, 1.82) is 0 Å². The van der Waals surface area contributed by atoms with E-state index < -0.39 is 15.9 Å². The van der Waals surface area contributed by atoms with Crippen molar-refractivity contribution in [2.24, 2.45) is 0 Å². The molecule has 0 bridgehead atoms. The minimum absolute atomic E-state index is 0.0828. The number of anilines is 1. The van der Waals surface area contributed by atoms with Gasteiger partial charge in [0.25, 0.3) is 0 Å². The molecule has 8 heteroatoms. The predicted molar refractivity (Wildman–Crippen MR) is 91.2 cm³/mol. The third kappa shape index (κ3) is 3.29. The number of benzene rings is 1. The summed E-state index contributed by atoms with van der Waals surface area (Å²) in [6, 6.07) is 4.54. The molecule has 1 atom stereocenters. The van der Waals surface area contributed by atoms with Gasteiger partial charge in [0.05, 0.1) is 17.4 Å². The van der Waals surface area contributed by atoms with Crippen LogP contribution in [-0.2, 0) is 19.6 Å². The van der Waals surface area contributed by atoms with Gasteiger partial charge >= 0.3 is 0 Å². The fourth-order valence-electron chi connectivity index (χ4n) is 2.69. The average Bonchev–Trinajstić information content (AvgIpc) is 2.82. The molecule has 1 aliphatic rings. The first kappa shape index (κ1) is 18.4. The molecule has 0 aliphatic carbocycles. The van der Waals surface area contributed by atoms with Crippen molar-refractivity contribution < 1.29 is 18.0 Å². The smallest absolute Gasteiger partial charge is 0.243 e. The normalized spacial score (nSPS) is 16.9. The molecule has 0 aromatic heterocycles. The van der Waals surface area contributed by atoms with Crippen LogP contribution in [0.2, 0.25) is 0 Å². The minimum Gasteiger partial charge on any atom is -0.342 e. The summed E-state index contributed by atoms with van der Waals surface area (Å²) in [6.45, 7) is 6.28. The lowest BCUT2D eigenvalue weighted by atomic mass is 10.0. The Morgan fingerprint density at radius 2 is 1.88 bits per heavy atom. The number of hydrogen-bond donors (Lipinski definition) is 1. The summed E-state index contributed by atoms with van der Waals surface area (Å²) < 4.78 is 26.5. The molecule has 24 heavy (non-hydrogen) atoms. The van der Waals surface area contributed by atoms with Crippen LogP contribution in [0, 0.1) is 0 Å². The van der Waals surface area contributed by atoms with Gasteiger partial charge in [0, 0.05) is 25.8 Å². The molecule has 1 N–H and O–H groups in total. The van der Waals surface area contributed by atoms with Gasteiger partial charge in [-0.1, -0.05) is 0 Å². The summed E-state index contributed by atoms with van der Waals surface area (Å²) in [4.78, 5) is 25.5. The SMILES string of the molecule is CCN(CC)C(=O)CN(C)S(=O)(=O)c1ccc2c(c1)[C@@H](C)C(=O)N2. The summed E-state index contributed by atoms with van der Waals surface area (Å²) in [6.07, 6.45) is 0. The molecule has 7 nitrogen and oxygen atoms in total. The first-order valence-electron chi connectivity index (χ1n) is 7.91. The maximum atomic E-state index is 12.7. The fourth-order valence-corrected chi connectivity index (χ4v) is 3.84. The van der Waals surface area contributed by atoms with Gasteiger partial charge < -0.3 is 10.2 Å². The Kier molecular flexibility index (Phi) is 5.29. The van der Waals surface area contributed by atoms with Crippen molar-refractivity contribution in [2.45, 2.75) is 31.6 Å². The molecular formula is C16H23N3O4S. The lowest BCUT2D eigenvalue weighted by molar-refractivity contribution is -0.130. The van der Waals surface area contributed by atoms with Gasteiger partial charge in [0.2, 0.25) is 21.8 Å². The summed E-state index contributed by atoms with van der Waals surface area (Å²) in [5.41, 5.74) is 1.29. The monoisotopic (exact) mass is 353 g/mol. The summed E-state index contributed by atoms with van der Waals surface area (Å²) in [5, 5.41) is 2.71. The quantitative estimate of drug-likeness (QED) is 0.833. The highest BCUT2D eigenvalue weighted by Gasteiger charge is 2.30. The van der Waals surface area contributed by atoms with Crippen molar-refractivity contribution in [3.05, 3.63) is 23.8 Å². The maximum absolute atomic E-state index is 12.7. The van der Waals surface area contributed by atoms with E-state index in [2.05, 4.69) is 5.32 Å². The number of fused-ring (bicyclic) bond motifs is 1. The van der Waals surface area contributed by atoms with E-state index >= 15 is 0 Å². The molecule has 132 valence electrons. The molecule has 0 fully saturated rings. The molecular weight excluding hydrogens is 330 g/mol. The van der Waals surface area contributed by atoms with Crippen LogP contribution in [0.1, 0.15) is 32.3 Å². The highest BCUT2D eigenvalue weighted by Crippen LogP contribution is 2.34. The van der Waals surface area contributed by atoms with E-state index in [0.717, 1.165) is 4.31 Å². The lowest BCUT2D eigenvalue weighted by Gasteiger charge is -2.23. The van der Waals surface area contributed by atoms with Gasteiger partial charge in [0.15, 0.2) is 0 Å². The summed E-state index contributed by atoms with van der Waals surface area (Å²) >= 11 is 0. The van der Waals surface area contributed by atoms with E-state index in [-0.39, 0.29) is 23.3 Å². The second-order valence-electron chi connectivity index (χ2n) is 5.79. The van der Waals surface area contributed by atoms with Crippen LogP contribution in [0.25, 0.3) is 0 Å². The van der Waals surface area contributed by atoms with Crippen LogP contribution in [0.15, 0.2) is 23.1 Å². The molecule has 1 aliphatic heterocycles. The van der Waals surface area contributed by atoms with Crippen LogP contribution in [0.4, 0.5) is 5.69 Å². The summed E-state index contributed by atoms with van der Waals surface area (Å²) in [5.74, 6) is -0.778. The number of rotatable bonds is 6. The molecule has 1 aromatic carbocycles. The van der Waals surface area contributed by atoms with Crippen molar-refractivity contribution in [2.75, 3.05) is 32.0 Å². The van der Waals surface area contributed by atoms with Crippen LogP contribution in [0.5, 0.6) is 0 Å². The first-order chi connectivity index (χ1) is 11.2. The molecule has 2 amide bonds. The van der Waals surface area contributed by atoms with Crippen LogP contribution >= 0.6 is 0 Å². The fraction of sp³-hybridized carbons (Fsp3) is 0.500. The largest absolute Gasteiger partial charge is 0.342 e. The number of sulfonamides is 1. The zero-order chi connectivity index (χ0) is 18.1. The minimum atomic E-state index is -3.80. The zero-order valence-corrected chi connectivity index (χ0v) is 15.2. The third-order valence-corrected chi connectivity index (χ3v) is 6.12. The van der Waals surface area contributed by atoms with Gasteiger partial charge in [-0.2, -0.15) is 4.31 Å². The van der Waals surface area contributed by atoms with Gasteiger partial charge in [-0.3, -0.25) is 9.59 Å². The van der Waals surface area contributed by atoms with Crippen LogP contribution < -0.4 is 5.32 Å². The Labute approximate surface area is 142 Å². The Bertz CT molecular complexity index is 757. The van der Waals surface area contributed by atoms with E-state index in [1.54, 1.807) is 17.9 Å². The van der Waals surface area contributed by atoms with Crippen molar-refractivity contribution in [1.82, 2.24) is 9.21 Å². The number of hydrogen-bond acceptors (Lipinski definition) is 4. The standard InChI is InChI=1S/C16H23N3O4S/c1-5-19(6-2)15(20)10-18(4)24(22,23)12-7-8-14-13(9-12)11(3)16(21)17-14/h7-9,11H,5-6,10H2,1-4H3,(H,17,21)/t11-/m1/s1. The van der Waals surface area contributed by atoms with Gasteiger partial charge in [-0.05, 0) is 44.5 Å². The van der Waals surface area contributed by atoms with E-state index in [4.69, 9.17) is 0 Å². The van der Waals surface area contributed by atoms with E-state index in [0.29, 0.717) is 24.3 Å². The van der Waals surface area contributed by atoms with E-state index in [9.17, 15) is 18.0 Å². The van der Waals surface area contributed by atoms with Gasteiger partial charge in [-0.25, -0.2) is 8.42 Å². The van der Waals surface area contributed by atoms with E-state index in [1.807, 2.05) is 13.8 Å². The molecule has 0 radical (unpaired) electrons. The number of nitrogens with one attached hydrogen (secondary N) is 1. The van der Waals surface area contributed by atoms with Crippen molar-refractivity contribution >= 4 is 27.5 Å². The van der Waals surface area contributed by atoms with Crippen molar-refractivity contribution in [3.63, 3.8) is 0 Å². The number of nitrogens with zero attached hydrogens (tertiary/aromatic N) is 2. The van der Waals surface area contributed by atoms with Crippen LogP contribution in [-0.4, -0.2) is 56.1 Å². The lowest BCUT2D eigenvalue weighted by Crippen LogP contribution is -2.41. The Morgan fingerprint density at radius 1 is 1.25 bits per heavy atom. The topological polar surface area (TPSA) is 86.8 Å². The maximum Gasteiger partial charge on any atom is 0.243 e. The Balaban J connectivity index is 2.25. The molecule has 1 aromatic rings. The molecule has 0 spiro atoms. The average molecular weight is 353 g/mol. The number of amides is 2. The first-order valence-corrected chi connectivity index (χ1v) is 9.35. The predicted octanol–water partition coefficient (Wildman–Crippen LogP) is 1.23. The van der Waals surface area contributed by atoms with Crippen molar-refractivity contribution in [3.8, 4) is 0 Å². The molecule has 0 saturated carbocycles. The molecule has 0 saturated heterocycles. The van der Waals surface area contributed by atoms with Gasteiger partial charge in [-0.15, -0.1) is 0 Å². The number of carbonyl (C=O) groups is 2.